The molecule has 1 N–H and O–H groups in total. The number of benzene rings is 3. The molecule has 1 heterocycles. The maximum absolute atomic E-state index is 4.99. The molecule has 0 fully saturated rings. The van der Waals surface area contributed by atoms with E-state index in [-0.39, 0.29) is 6.04 Å². The second-order valence-corrected chi connectivity index (χ2v) is 6.85. The van der Waals surface area contributed by atoms with E-state index in [1.165, 1.54) is 11.1 Å². The molecule has 0 aliphatic heterocycles. The molecule has 2 heteroatoms. The topological polar surface area (TPSA) is 24.9 Å². The van der Waals surface area contributed by atoms with Gasteiger partial charge >= 0.3 is 0 Å². The Morgan fingerprint density at radius 1 is 0.714 bits per heavy atom. The molecule has 0 saturated heterocycles. The van der Waals surface area contributed by atoms with Crippen LogP contribution in [0.1, 0.15) is 29.8 Å². The summed E-state index contributed by atoms with van der Waals surface area (Å²) in [6, 6.07) is 35.7. The molecule has 0 aliphatic rings. The number of rotatable bonds is 6. The van der Waals surface area contributed by atoms with Crippen LogP contribution in [0.2, 0.25) is 0 Å². The third-order valence-electron chi connectivity index (χ3n) is 4.94. The molecule has 0 spiro atoms. The first-order valence-electron chi connectivity index (χ1n) is 9.76. The number of nitrogens with one attached hydrogen (secondary N) is 1. The highest BCUT2D eigenvalue weighted by atomic mass is 14.9. The van der Waals surface area contributed by atoms with Crippen LogP contribution in [-0.4, -0.2) is 4.98 Å². The average molecular weight is 364 g/mol. The Morgan fingerprint density at radius 2 is 1.39 bits per heavy atom. The molecule has 28 heavy (non-hydrogen) atoms. The lowest BCUT2D eigenvalue weighted by Crippen LogP contribution is -2.14. The fourth-order valence-corrected chi connectivity index (χ4v) is 3.36. The van der Waals surface area contributed by atoms with Crippen molar-refractivity contribution in [2.75, 3.05) is 5.32 Å². The molecule has 1 aromatic heterocycles. The maximum Gasteiger partial charge on any atom is 0.0940 e. The number of hydrogen-bond donors (Lipinski definition) is 1. The number of pyridine rings is 1. The summed E-state index contributed by atoms with van der Waals surface area (Å²) < 4.78 is 0. The Morgan fingerprint density at radius 3 is 2.07 bits per heavy atom. The standard InChI is InChI=1S/C26H24N2/c1-2-20-16-18-23(19-17-20)27-26(22-12-7-4-8-13-22)25-15-9-14-24(28-25)21-10-5-3-6-11-21/h3-19,26-27H,2H2,1H3. The van der Waals surface area contributed by atoms with E-state index in [0.717, 1.165) is 29.1 Å². The quantitative estimate of drug-likeness (QED) is 0.422. The van der Waals surface area contributed by atoms with E-state index in [4.69, 9.17) is 4.98 Å². The number of hydrogen-bond acceptors (Lipinski definition) is 2. The highest BCUT2D eigenvalue weighted by Crippen LogP contribution is 2.27. The van der Waals surface area contributed by atoms with Gasteiger partial charge in [-0.05, 0) is 41.8 Å². The van der Waals surface area contributed by atoms with Crippen LogP contribution in [0.25, 0.3) is 11.3 Å². The largest absolute Gasteiger partial charge is 0.373 e. The Balaban J connectivity index is 1.71. The van der Waals surface area contributed by atoms with Crippen molar-refractivity contribution < 1.29 is 0 Å². The van der Waals surface area contributed by atoms with Gasteiger partial charge < -0.3 is 5.32 Å². The molecule has 1 atom stereocenters. The second-order valence-electron chi connectivity index (χ2n) is 6.85. The van der Waals surface area contributed by atoms with Gasteiger partial charge in [0.15, 0.2) is 0 Å². The molecule has 2 nitrogen and oxygen atoms in total. The molecule has 3 aromatic carbocycles. The third kappa shape index (κ3) is 4.12. The van der Waals surface area contributed by atoms with E-state index in [2.05, 4.69) is 91.1 Å². The maximum atomic E-state index is 4.99. The molecule has 1 unspecified atom stereocenters. The summed E-state index contributed by atoms with van der Waals surface area (Å²) in [7, 11) is 0. The van der Waals surface area contributed by atoms with E-state index in [1.807, 2.05) is 24.3 Å². The lowest BCUT2D eigenvalue weighted by atomic mass is 10.0. The molecular weight excluding hydrogens is 340 g/mol. The molecule has 0 radical (unpaired) electrons. The molecule has 0 saturated carbocycles. The third-order valence-corrected chi connectivity index (χ3v) is 4.94. The lowest BCUT2D eigenvalue weighted by molar-refractivity contribution is 0.889. The fourth-order valence-electron chi connectivity index (χ4n) is 3.36. The second kappa shape index (κ2) is 8.53. The van der Waals surface area contributed by atoms with Gasteiger partial charge in [0.25, 0.3) is 0 Å². The first kappa shape index (κ1) is 18.0. The summed E-state index contributed by atoms with van der Waals surface area (Å²) >= 11 is 0. The lowest BCUT2D eigenvalue weighted by Gasteiger charge is -2.21. The summed E-state index contributed by atoms with van der Waals surface area (Å²) in [4.78, 5) is 4.99. The Hall–Kier alpha value is -3.39. The highest BCUT2D eigenvalue weighted by Gasteiger charge is 2.16. The molecule has 138 valence electrons. The van der Waals surface area contributed by atoms with E-state index in [1.54, 1.807) is 0 Å². The Kier molecular flexibility index (Phi) is 5.48. The first-order chi connectivity index (χ1) is 13.8. The molecule has 4 rings (SSSR count). The monoisotopic (exact) mass is 364 g/mol. The van der Waals surface area contributed by atoms with Crippen LogP contribution >= 0.6 is 0 Å². The van der Waals surface area contributed by atoms with Crippen LogP contribution in [0.4, 0.5) is 5.69 Å². The van der Waals surface area contributed by atoms with Gasteiger partial charge in [-0.2, -0.15) is 0 Å². The van der Waals surface area contributed by atoms with Crippen LogP contribution in [0.5, 0.6) is 0 Å². The zero-order valence-corrected chi connectivity index (χ0v) is 16.0. The van der Waals surface area contributed by atoms with Crippen LogP contribution in [0, 0.1) is 0 Å². The van der Waals surface area contributed by atoms with E-state index in [9.17, 15) is 0 Å². The van der Waals surface area contributed by atoms with E-state index in [0.29, 0.717) is 0 Å². The molecule has 4 aromatic rings. The summed E-state index contributed by atoms with van der Waals surface area (Å²) in [5, 5.41) is 3.68. The van der Waals surface area contributed by atoms with Gasteiger partial charge in [-0.3, -0.25) is 4.98 Å². The molecular formula is C26H24N2. The number of nitrogens with zero attached hydrogens (tertiary/aromatic N) is 1. The highest BCUT2D eigenvalue weighted by molar-refractivity contribution is 5.59. The van der Waals surface area contributed by atoms with Gasteiger partial charge in [0.2, 0.25) is 0 Å². The Labute approximate surface area is 166 Å². The van der Waals surface area contributed by atoms with Gasteiger partial charge in [-0.25, -0.2) is 0 Å². The van der Waals surface area contributed by atoms with Gasteiger partial charge in [-0.1, -0.05) is 85.8 Å². The van der Waals surface area contributed by atoms with Crippen molar-refractivity contribution >= 4 is 5.69 Å². The average Bonchev–Trinajstić information content (AvgIpc) is 2.79. The van der Waals surface area contributed by atoms with Crippen molar-refractivity contribution in [2.45, 2.75) is 19.4 Å². The summed E-state index contributed by atoms with van der Waals surface area (Å²) in [5.41, 5.74) is 6.75. The van der Waals surface area contributed by atoms with Crippen molar-refractivity contribution in [1.29, 1.82) is 0 Å². The summed E-state index contributed by atoms with van der Waals surface area (Å²) in [5.74, 6) is 0. The number of aromatic nitrogens is 1. The van der Waals surface area contributed by atoms with E-state index >= 15 is 0 Å². The van der Waals surface area contributed by atoms with Gasteiger partial charge in [0.05, 0.1) is 17.4 Å². The summed E-state index contributed by atoms with van der Waals surface area (Å²) in [6.45, 7) is 2.17. The van der Waals surface area contributed by atoms with Crippen molar-refractivity contribution in [2.24, 2.45) is 0 Å². The van der Waals surface area contributed by atoms with Gasteiger partial charge in [0, 0.05) is 11.3 Å². The fraction of sp³-hybridized carbons (Fsp3) is 0.115. The minimum atomic E-state index is -0.0164. The predicted octanol–water partition coefficient (Wildman–Crippen LogP) is 6.51. The van der Waals surface area contributed by atoms with Crippen LogP contribution in [0.15, 0.2) is 103 Å². The zero-order valence-electron chi connectivity index (χ0n) is 16.0. The zero-order chi connectivity index (χ0) is 19.2. The Bertz CT molecular complexity index is 1010. The van der Waals surface area contributed by atoms with Crippen molar-refractivity contribution in [3.8, 4) is 11.3 Å². The van der Waals surface area contributed by atoms with E-state index < -0.39 is 0 Å². The van der Waals surface area contributed by atoms with Crippen molar-refractivity contribution in [3.05, 3.63) is 120 Å². The molecule has 0 bridgehead atoms. The van der Waals surface area contributed by atoms with Crippen LogP contribution < -0.4 is 5.32 Å². The van der Waals surface area contributed by atoms with Crippen molar-refractivity contribution in [3.63, 3.8) is 0 Å². The molecule has 0 amide bonds. The normalized spacial score (nSPS) is 11.8. The van der Waals surface area contributed by atoms with Gasteiger partial charge in [0.1, 0.15) is 0 Å². The van der Waals surface area contributed by atoms with Gasteiger partial charge in [-0.15, -0.1) is 0 Å². The molecule has 0 aliphatic carbocycles. The van der Waals surface area contributed by atoms with Crippen molar-refractivity contribution in [1.82, 2.24) is 4.98 Å². The number of anilines is 1. The van der Waals surface area contributed by atoms with Crippen LogP contribution in [0.3, 0.4) is 0 Å². The number of aryl methyl sites for hydroxylation is 1. The SMILES string of the molecule is CCc1ccc(NC(c2ccccc2)c2cccc(-c3ccccc3)n2)cc1. The predicted molar refractivity (Wildman–Crippen MR) is 117 cm³/mol. The smallest absolute Gasteiger partial charge is 0.0940 e. The minimum absolute atomic E-state index is 0.0164. The summed E-state index contributed by atoms with van der Waals surface area (Å²) in [6.07, 6.45) is 1.04. The first-order valence-corrected chi connectivity index (χ1v) is 9.76. The minimum Gasteiger partial charge on any atom is -0.373 e. The van der Waals surface area contributed by atoms with Crippen LogP contribution in [-0.2, 0) is 6.42 Å².